The van der Waals surface area contributed by atoms with Gasteiger partial charge in [0.2, 0.25) is 11.7 Å². The summed E-state index contributed by atoms with van der Waals surface area (Å²) in [6.45, 7) is 4.49. The van der Waals surface area contributed by atoms with Crippen LogP contribution in [0.3, 0.4) is 0 Å². The standard InChI is InChI=1S/C27H42N4O5S/c1-26(2,25(33)29-9-8-28)15-35-24-22(37-19-6-4-3-5-7-19)21(36-31-24)23(32)30-20-17-10-16-11-18(20)14-27(34,12-16)13-17/h16-20,34H,3-15,28H2,1-2H3,(H,29,33)(H,30,32)/t16?,17?,18?,20-,27-. The van der Waals surface area contributed by atoms with Crippen molar-refractivity contribution in [3.05, 3.63) is 5.76 Å². The number of hydrogen-bond donors (Lipinski definition) is 4. The SMILES string of the molecule is CC(C)(COc1noc(C(=O)N[C@H]2C3CC4CC2C[C@](O)(C4)C3)c1SC1CCCCC1)C(=O)NCCN. The monoisotopic (exact) mass is 534 g/mol. The van der Waals surface area contributed by atoms with E-state index in [1.54, 1.807) is 25.6 Å². The van der Waals surface area contributed by atoms with Gasteiger partial charge >= 0.3 is 0 Å². The van der Waals surface area contributed by atoms with Crippen molar-refractivity contribution in [1.82, 2.24) is 15.8 Å². The molecule has 1 aromatic rings. The Hall–Kier alpha value is -1.78. The molecule has 0 radical (unpaired) electrons. The van der Waals surface area contributed by atoms with Gasteiger partial charge in [0.25, 0.3) is 11.8 Å². The maximum atomic E-state index is 13.6. The number of amides is 2. The molecule has 6 rings (SSSR count). The molecule has 0 aromatic carbocycles. The minimum absolute atomic E-state index is 0.0523. The van der Waals surface area contributed by atoms with Crippen LogP contribution in [-0.4, -0.2) is 58.7 Å². The zero-order valence-corrected chi connectivity index (χ0v) is 22.9. The van der Waals surface area contributed by atoms with Crippen molar-refractivity contribution >= 4 is 23.6 Å². The molecule has 5 aliphatic rings. The summed E-state index contributed by atoms with van der Waals surface area (Å²) in [5, 5.41) is 21.5. The molecule has 1 aromatic heterocycles. The number of nitrogens with two attached hydrogens (primary N) is 1. The van der Waals surface area contributed by atoms with E-state index in [2.05, 4.69) is 15.8 Å². The average Bonchev–Trinajstić information content (AvgIpc) is 3.25. The molecule has 10 heteroatoms. The number of nitrogens with one attached hydrogen (secondary N) is 2. The summed E-state index contributed by atoms with van der Waals surface area (Å²) in [5.41, 5.74) is 4.17. The highest BCUT2D eigenvalue weighted by Gasteiger charge is 2.55. The molecule has 0 saturated heterocycles. The molecule has 37 heavy (non-hydrogen) atoms. The molecule has 5 aliphatic carbocycles. The zero-order valence-electron chi connectivity index (χ0n) is 22.1. The predicted octanol–water partition coefficient (Wildman–Crippen LogP) is 3.25. The van der Waals surface area contributed by atoms with Crippen LogP contribution in [0.15, 0.2) is 9.42 Å². The number of thioether (sulfide) groups is 1. The van der Waals surface area contributed by atoms with Crippen LogP contribution in [-0.2, 0) is 4.79 Å². The summed E-state index contributed by atoms with van der Waals surface area (Å²) in [4.78, 5) is 26.7. The predicted molar refractivity (Wildman–Crippen MR) is 140 cm³/mol. The molecule has 0 aliphatic heterocycles. The number of carbonyl (C=O) groups excluding carboxylic acids is 2. The van der Waals surface area contributed by atoms with E-state index in [4.69, 9.17) is 15.0 Å². The lowest BCUT2D eigenvalue weighted by Crippen LogP contribution is -2.61. The van der Waals surface area contributed by atoms with E-state index in [1.165, 1.54) is 19.3 Å². The van der Waals surface area contributed by atoms with Crippen molar-refractivity contribution in [3.63, 3.8) is 0 Å². The van der Waals surface area contributed by atoms with Crippen LogP contribution in [0.25, 0.3) is 0 Å². The molecule has 2 unspecified atom stereocenters. The van der Waals surface area contributed by atoms with Crippen molar-refractivity contribution in [2.24, 2.45) is 28.9 Å². The lowest BCUT2D eigenvalue weighted by Gasteiger charge is -2.58. The third kappa shape index (κ3) is 5.81. The first-order valence-electron chi connectivity index (χ1n) is 14.0. The first kappa shape index (κ1) is 26.8. The maximum Gasteiger partial charge on any atom is 0.291 e. The van der Waals surface area contributed by atoms with Gasteiger partial charge in [-0.2, -0.15) is 0 Å². The van der Waals surface area contributed by atoms with E-state index in [1.807, 2.05) is 0 Å². The van der Waals surface area contributed by atoms with E-state index in [0.717, 1.165) is 44.9 Å². The van der Waals surface area contributed by atoms with Gasteiger partial charge in [0.15, 0.2) is 0 Å². The van der Waals surface area contributed by atoms with Gasteiger partial charge in [-0.15, -0.1) is 11.8 Å². The number of ether oxygens (including phenoxy) is 1. The summed E-state index contributed by atoms with van der Waals surface area (Å²) < 4.78 is 11.7. The minimum Gasteiger partial charge on any atom is -0.474 e. The van der Waals surface area contributed by atoms with Gasteiger partial charge in [0.05, 0.1) is 11.0 Å². The molecule has 2 atom stereocenters. The highest BCUT2D eigenvalue weighted by molar-refractivity contribution is 8.00. The Morgan fingerprint density at radius 2 is 1.89 bits per heavy atom. The van der Waals surface area contributed by atoms with Crippen LogP contribution in [0.4, 0.5) is 0 Å². The molecule has 5 N–H and O–H groups in total. The Kier molecular flexibility index (Phi) is 7.80. The van der Waals surface area contributed by atoms with Crippen LogP contribution >= 0.6 is 11.8 Å². The molecule has 5 fully saturated rings. The van der Waals surface area contributed by atoms with Crippen LogP contribution in [0.1, 0.15) is 88.6 Å². The Morgan fingerprint density at radius 1 is 1.19 bits per heavy atom. The number of aliphatic hydroxyl groups is 1. The van der Waals surface area contributed by atoms with Gasteiger partial charge in [-0.3, -0.25) is 9.59 Å². The van der Waals surface area contributed by atoms with Gasteiger partial charge in [-0.05, 0) is 81.7 Å². The number of aromatic nitrogens is 1. The van der Waals surface area contributed by atoms with E-state index in [0.29, 0.717) is 41.0 Å². The summed E-state index contributed by atoms with van der Waals surface area (Å²) in [5.74, 6) is 1.25. The normalized spacial score (nSPS) is 31.4. The Morgan fingerprint density at radius 3 is 2.54 bits per heavy atom. The van der Waals surface area contributed by atoms with Crippen molar-refractivity contribution in [3.8, 4) is 5.88 Å². The van der Waals surface area contributed by atoms with Crippen LogP contribution in [0, 0.1) is 23.2 Å². The quantitative estimate of drug-likeness (QED) is 0.359. The van der Waals surface area contributed by atoms with Gasteiger partial charge < -0.3 is 30.7 Å². The zero-order chi connectivity index (χ0) is 26.2. The van der Waals surface area contributed by atoms with E-state index < -0.39 is 11.0 Å². The largest absolute Gasteiger partial charge is 0.474 e. The van der Waals surface area contributed by atoms with Crippen molar-refractivity contribution < 1.29 is 24.0 Å². The molecule has 2 amide bonds. The van der Waals surface area contributed by atoms with Crippen molar-refractivity contribution in [2.75, 3.05) is 19.7 Å². The maximum absolute atomic E-state index is 13.6. The Balaban J connectivity index is 1.31. The first-order valence-corrected chi connectivity index (χ1v) is 14.9. The second-order valence-corrected chi connectivity index (χ2v) is 13.7. The number of carbonyl (C=O) groups is 2. The molecular weight excluding hydrogens is 492 g/mol. The van der Waals surface area contributed by atoms with Crippen molar-refractivity contribution in [1.29, 1.82) is 0 Å². The molecule has 4 bridgehead atoms. The second-order valence-electron chi connectivity index (χ2n) is 12.4. The lowest BCUT2D eigenvalue weighted by atomic mass is 9.52. The molecule has 206 valence electrons. The van der Waals surface area contributed by atoms with Crippen LogP contribution in [0.2, 0.25) is 0 Å². The lowest BCUT2D eigenvalue weighted by molar-refractivity contribution is -0.137. The second kappa shape index (κ2) is 10.8. The first-order chi connectivity index (χ1) is 17.7. The van der Waals surface area contributed by atoms with Gasteiger partial charge in [-0.25, -0.2) is 0 Å². The number of hydrogen-bond acceptors (Lipinski definition) is 8. The highest BCUT2D eigenvalue weighted by Crippen LogP contribution is 2.55. The summed E-state index contributed by atoms with van der Waals surface area (Å²) in [7, 11) is 0. The molecule has 5 saturated carbocycles. The minimum atomic E-state index is -0.802. The number of nitrogens with zero attached hydrogens (tertiary/aromatic N) is 1. The van der Waals surface area contributed by atoms with Crippen LogP contribution in [0.5, 0.6) is 5.88 Å². The smallest absolute Gasteiger partial charge is 0.291 e. The van der Waals surface area contributed by atoms with E-state index in [-0.39, 0.29) is 36.1 Å². The molecule has 9 nitrogen and oxygen atoms in total. The molecule has 0 spiro atoms. The average molecular weight is 535 g/mol. The van der Waals surface area contributed by atoms with Gasteiger partial charge in [0.1, 0.15) is 11.5 Å². The fraction of sp³-hybridized carbons (Fsp3) is 0.815. The summed E-state index contributed by atoms with van der Waals surface area (Å²) >= 11 is 1.62. The fourth-order valence-electron chi connectivity index (χ4n) is 7.13. The number of rotatable bonds is 10. The van der Waals surface area contributed by atoms with E-state index in [9.17, 15) is 14.7 Å². The van der Waals surface area contributed by atoms with E-state index >= 15 is 0 Å². The Bertz CT molecular complexity index is 975. The topological polar surface area (TPSA) is 140 Å². The van der Waals surface area contributed by atoms with Gasteiger partial charge in [-0.1, -0.05) is 19.3 Å². The van der Waals surface area contributed by atoms with Crippen molar-refractivity contribution in [2.45, 2.75) is 99.8 Å². The van der Waals surface area contributed by atoms with Gasteiger partial charge in [0, 0.05) is 24.4 Å². The summed E-state index contributed by atoms with van der Waals surface area (Å²) in [6, 6.07) is 0.0523. The summed E-state index contributed by atoms with van der Waals surface area (Å²) in [6.07, 6.45) is 10.3. The Labute approximate surface area is 223 Å². The third-order valence-corrected chi connectivity index (χ3v) is 10.2. The fourth-order valence-corrected chi connectivity index (χ4v) is 8.47. The third-order valence-electron chi connectivity index (χ3n) is 8.82. The molecule has 1 heterocycles. The molecular formula is C27H42N4O5S. The highest BCUT2D eigenvalue weighted by atomic mass is 32.2. The van der Waals surface area contributed by atoms with Crippen LogP contribution < -0.4 is 21.1 Å².